The highest BCUT2D eigenvalue weighted by Gasteiger charge is 2.16. The fourth-order valence-electron chi connectivity index (χ4n) is 2.27. The average Bonchev–Trinajstić information content (AvgIpc) is 2.56. The number of methoxy groups -OCH3 is 1. The highest BCUT2D eigenvalue weighted by molar-refractivity contribution is 5.88. The van der Waals surface area contributed by atoms with Crippen molar-refractivity contribution in [3.8, 4) is 17.2 Å². The Morgan fingerprint density at radius 2 is 1.65 bits per heavy atom. The molecule has 1 heterocycles. The molecule has 0 radical (unpaired) electrons. The van der Waals surface area contributed by atoms with Gasteiger partial charge in [0.2, 0.25) is 5.75 Å². The molecule has 0 unspecified atom stereocenters. The van der Waals surface area contributed by atoms with E-state index in [1.54, 1.807) is 13.2 Å². The topological polar surface area (TPSA) is 60.6 Å². The summed E-state index contributed by atoms with van der Waals surface area (Å²) in [5.74, 6) is 1.48. The number of hydrogen-bond acceptors (Lipinski definition) is 4. The number of rotatable bonds is 9. The van der Waals surface area contributed by atoms with Gasteiger partial charge in [-0.3, -0.25) is 4.79 Å². The maximum absolute atomic E-state index is 12.4. The Morgan fingerprint density at radius 3 is 2.26 bits per heavy atom. The second-order valence-corrected chi connectivity index (χ2v) is 5.43. The van der Waals surface area contributed by atoms with Gasteiger partial charge < -0.3 is 19.2 Å². The van der Waals surface area contributed by atoms with Crippen LogP contribution in [0.15, 0.2) is 23.0 Å². The summed E-state index contributed by atoms with van der Waals surface area (Å²) in [6.45, 7) is 5.25. The molecule has 0 aliphatic heterocycles. The van der Waals surface area contributed by atoms with Crippen LogP contribution < -0.4 is 19.8 Å². The van der Waals surface area contributed by atoms with Gasteiger partial charge in [0, 0.05) is 11.5 Å². The van der Waals surface area contributed by atoms with Gasteiger partial charge in [0.25, 0.3) is 5.56 Å². The third-order valence-electron chi connectivity index (χ3n) is 3.62. The SMILES string of the molecule is CCCCOc1c(OCCCC)c2ccc(OC)cc2[nH]c1=O. The first-order valence-corrected chi connectivity index (χ1v) is 8.20. The van der Waals surface area contributed by atoms with Crippen molar-refractivity contribution in [3.63, 3.8) is 0 Å². The number of ether oxygens (including phenoxy) is 3. The molecule has 126 valence electrons. The molecule has 0 saturated carbocycles. The van der Waals surface area contributed by atoms with E-state index >= 15 is 0 Å². The van der Waals surface area contributed by atoms with Crippen molar-refractivity contribution < 1.29 is 14.2 Å². The standard InChI is InChI=1S/C18H25NO4/c1-4-6-10-22-16-14-9-8-13(21-3)12-15(14)19-18(20)17(16)23-11-7-5-2/h8-9,12H,4-7,10-11H2,1-3H3,(H,19,20). The zero-order chi connectivity index (χ0) is 16.7. The van der Waals surface area contributed by atoms with E-state index in [9.17, 15) is 4.79 Å². The van der Waals surface area contributed by atoms with Crippen LogP contribution in [0.1, 0.15) is 39.5 Å². The van der Waals surface area contributed by atoms with Gasteiger partial charge in [-0.1, -0.05) is 26.7 Å². The summed E-state index contributed by atoms with van der Waals surface area (Å²) in [5.41, 5.74) is 0.414. The molecule has 5 heteroatoms. The van der Waals surface area contributed by atoms with Crippen molar-refractivity contribution in [2.24, 2.45) is 0 Å². The fourth-order valence-corrected chi connectivity index (χ4v) is 2.27. The summed E-state index contributed by atoms with van der Waals surface area (Å²) < 4.78 is 16.8. The normalized spacial score (nSPS) is 10.7. The summed E-state index contributed by atoms with van der Waals surface area (Å²) in [5, 5.41) is 0.827. The van der Waals surface area contributed by atoms with E-state index in [1.165, 1.54) is 0 Å². The summed E-state index contributed by atoms with van der Waals surface area (Å²) in [4.78, 5) is 15.2. The molecule has 1 aromatic carbocycles. The molecule has 1 N–H and O–H groups in total. The largest absolute Gasteiger partial charge is 0.497 e. The monoisotopic (exact) mass is 319 g/mol. The molecule has 23 heavy (non-hydrogen) atoms. The summed E-state index contributed by atoms with van der Waals surface area (Å²) in [6, 6.07) is 5.53. The highest BCUT2D eigenvalue weighted by atomic mass is 16.5. The van der Waals surface area contributed by atoms with Crippen molar-refractivity contribution in [3.05, 3.63) is 28.6 Å². The molecular formula is C18H25NO4. The fraction of sp³-hybridized carbons (Fsp3) is 0.500. The molecule has 5 nitrogen and oxygen atoms in total. The van der Waals surface area contributed by atoms with Crippen LogP contribution >= 0.6 is 0 Å². The van der Waals surface area contributed by atoms with Crippen LogP contribution in [-0.2, 0) is 0 Å². The Labute approximate surface area is 136 Å². The minimum atomic E-state index is -0.270. The number of H-pyrrole nitrogens is 1. The molecule has 1 aromatic heterocycles. The first-order chi connectivity index (χ1) is 11.2. The van der Waals surface area contributed by atoms with E-state index in [1.807, 2.05) is 12.1 Å². The molecule has 0 bridgehead atoms. The molecule has 0 spiro atoms. The lowest BCUT2D eigenvalue weighted by Gasteiger charge is -2.14. The number of aromatic nitrogens is 1. The van der Waals surface area contributed by atoms with E-state index in [0.717, 1.165) is 31.1 Å². The van der Waals surface area contributed by atoms with Crippen LogP contribution in [0.4, 0.5) is 0 Å². The molecule has 0 saturated heterocycles. The lowest BCUT2D eigenvalue weighted by Crippen LogP contribution is -2.15. The quantitative estimate of drug-likeness (QED) is 0.712. The van der Waals surface area contributed by atoms with Crippen molar-refractivity contribution in [2.75, 3.05) is 20.3 Å². The molecule has 0 amide bonds. The number of aromatic amines is 1. The van der Waals surface area contributed by atoms with Crippen LogP contribution in [0, 0.1) is 0 Å². The number of pyridine rings is 1. The van der Waals surface area contributed by atoms with Gasteiger partial charge >= 0.3 is 0 Å². The van der Waals surface area contributed by atoms with Crippen molar-refractivity contribution >= 4 is 10.9 Å². The number of hydrogen-bond donors (Lipinski definition) is 1. The third-order valence-corrected chi connectivity index (χ3v) is 3.62. The maximum Gasteiger partial charge on any atom is 0.294 e. The summed E-state index contributed by atoms with van der Waals surface area (Å²) >= 11 is 0. The van der Waals surface area contributed by atoms with Crippen LogP contribution in [0.2, 0.25) is 0 Å². The zero-order valence-electron chi connectivity index (χ0n) is 14.1. The second kappa shape index (κ2) is 8.46. The first kappa shape index (κ1) is 17.2. The molecule has 2 aromatic rings. The molecule has 0 atom stereocenters. The molecule has 2 rings (SSSR count). The van der Waals surface area contributed by atoms with E-state index in [4.69, 9.17) is 14.2 Å². The van der Waals surface area contributed by atoms with Gasteiger partial charge in [-0.2, -0.15) is 0 Å². The van der Waals surface area contributed by atoms with Gasteiger partial charge in [-0.05, 0) is 25.0 Å². The van der Waals surface area contributed by atoms with E-state index < -0.39 is 0 Å². The Kier molecular flexibility index (Phi) is 6.32. The predicted molar refractivity (Wildman–Crippen MR) is 91.9 cm³/mol. The second-order valence-electron chi connectivity index (χ2n) is 5.43. The predicted octanol–water partition coefficient (Wildman–Crippen LogP) is 3.89. The number of unbranched alkanes of at least 4 members (excludes halogenated alkanes) is 2. The van der Waals surface area contributed by atoms with Gasteiger partial charge in [0.15, 0.2) is 5.75 Å². The molecule has 0 aliphatic rings. The summed E-state index contributed by atoms with van der Waals surface area (Å²) in [7, 11) is 1.60. The van der Waals surface area contributed by atoms with Crippen molar-refractivity contribution in [2.45, 2.75) is 39.5 Å². The Balaban J connectivity index is 2.46. The average molecular weight is 319 g/mol. The van der Waals surface area contributed by atoms with Gasteiger partial charge in [0.05, 0.1) is 25.8 Å². The van der Waals surface area contributed by atoms with Gasteiger partial charge in [-0.25, -0.2) is 0 Å². The van der Waals surface area contributed by atoms with Crippen molar-refractivity contribution in [1.29, 1.82) is 0 Å². The number of benzene rings is 1. The first-order valence-electron chi connectivity index (χ1n) is 8.20. The zero-order valence-corrected chi connectivity index (χ0v) is 14.1. The lowest BCUT2D eigenvalue weighted by atomic mass is 10.2. The van der Waals surface area contributed by atoms with Gasteiger partial charge in [-0.15, -0.1) is 0 Å². The van der Waals surface area contributed by atoms with Crippen LogP contribution in [0.3, 0.4) is 0 Å². The summed E-state index contributed by atoms with van der Waals surface area (Å²) in [6.07, 6.45) is 3.86. The number of nitrogens with one attached hydrogen (secondary N) is 1. The Morgan fingerprint density at radius 1 is 1.00 bits per heavy atom. The Hall–Kier alpha value is -2.17. The smallest absolute Gasteiger partial charge is 0.294 e. The highest BCUT2D eigenvalue weighted by Crippen LogP contribution is 2.33. The third kappa shape index (κ3) is 4.18. The van der Waals surface area contributed by atoms with E-state index in [-0.39, 0.29) is 11.3 Å². The van der Waals surface area contributed by atoms with Crippen molar-refractivity contribution in [1.82, 2.24) is 4.98 Å². The molecule has 0 aliphatic carbocycles. The van der Waals surface area contributed by atoms with Crippen LogP contribution in [0.5, 0.6) is 17.2 Å². The minimum absolute atomic E-state index is 0.270. The molecular weight excluding hydrogens is 294 g/mol. The minimum Gasteiger partial charge on any atom is -0.497 e. The Bertz CT molecular complexity index is 693. The molecule has 0 fully saturated rings. The van der Waals surface area contributed by atoms with Crippen LogP contribution in [-0.4, -0.2) is 25.3 Å². The van der Waals surface area contributed by atoms with E-state index in [0.29, 0.717) is 30.2 Å². The van der Waals surface area contributed by atoms with Gasteiger partial charge in [0.1, 0.15) is 5.75 Å². The van der Waals surface area contributed by atoms with E-state index in [2.05, 4.69) is 18.8 Å². The maximum atomic E-state index is 12.4. The lowest BCUT2D eigenvalue weighted by molar-refractivity contribution is 0.261. The van der Waals surface area contributed by atoms with Crippen LogP contribution in [0.25, 0.3) is 10.9 Å². The number of fused-ring (bicyclic) bond motifs is 1.